The Balaban J connectivity index is 2.57. The van der Waals surface area contributed by atoms with Crippen molar-refractivity contribution in [3.8, 4) is 11.5 Å². The van der Waals surface area contributed by atoms with E-state index in [2.05, 4.69) is 46.5 Å². The average Bonchev–Trinajstić information content (AvgIpc) is 2.45. The van der Waals surface area contributed by atoms with E-state index >= 15 is 0 Å². The number of hydrogen-bond acceptors (Lipinski definition) is 3. The topological polar surface area (TPSA) is 52.8 Å². The predicted octanol–water partition coefficient (Wildman–Crippen LogP) is 5.44. The molecule has 2 aromatic rings. The third-order valence-electron chi connectivity index (χ3n) is 4.00. The summed E-state index contributed by atoms with van der Waals surface area (Å²) in [6, 6.07) is 10.9. The molecule has 24 heavy (non-hydrogen) atoms. The minimum absolute atomic E-state index is 0.190. The summed E-state index contributed by atoms with van der Waals surface area (Å²) in [5.74, 6) is 0.545. The van der Waals surface area contributed by atoms with Crippen LogP contribution in [0.1, 0.15) is 58.2 Å². The highest BCUT2D eigenvalue weighted by molar-refractivity contribution is 5.85. The summed E-state index contributed by atoms with van der Waals surface area (Å²) in [4.78, 5) is 4.53. The Kier molecular flexibility index (Phi) is 4.75. The molecule has 0 amide bonds. The van der Waals surface area contributed by atoms with Crippen LogP contribution in [0, 0.1) is 0 Å². The number of para-hydroxylation sites is 1. The molecule has 0 aromatic heterocycles. The molecule has 0 atom stereocenters. The van der Waals surface area contributed by atoms with Crippen molar-refractivity contribution >= 4 is 11.9 Å². The predicted molar refractivity (Wildman–Crippen MR) is 101 cm³/mol. The normalized spacial score (nSPS) is 12.8. The van der Waals surface area contributed by atoms with Gasteiger partial charge in [0.25, 0.3) is 0 Å². The molecule has 0 fully saturated rings. The van der Waals surface area contributed by atoms with Gasteiger partial charge in [-0.25, -0.2) is 0 Å². The summed E-state index contributed by atoms with van der Waals surface area (Å²) < 4.78 is 0. The third-order valence-corrected chi connectivity index (χ3v) is 4.00. The van der Waals surface area contributed by atoms with E-state index in [1.54, 1.807) is 18.3 Å². The highest BCUT2D eigenvalue weighted by atomic mass is 16.3. The molecule has 0 aliphatic heterocycles. The standard InChI is InChI=1S/C21H27NO2/c1-20(2,3)16-11-15(12-17(19(16)24)21(4,5)6)22-13-14-9-7-8-10-18(14)23/h7-13,23-24H,1-6H3. The Labute approximate surface area is 144 Å². The summed E-state index contributed by atoms with van der Waals surface area (Å²) in [6.45, 7) is 12.4. The number of rotatable bonds is 2. The first-order chi connectivity index (χ1) is 11.0. The van der Waals surface area contributed by atoms with Crippen molar-refractivity contribution in [2.45, 2.75) is 52.4 Å². The largest absolute Gasteiger partial charge is 0.507 e. The van der Waals surface area contributed by atoms with Crippen molar-refractivity contribution < 1.29 is 10.2 Å². The third kappa shape index (κ3) is 3.97. The van der Waals surface area contributed by atoms with Gasteiger partial charge in [-0.05, 0) is 35.1 Å². The average molecular weight is 325 g/mol. The van der Waals surface area contributed by atoms with Crippen molar-refractivity contribution in [3.05, 3.63) is 53.1 Å². The lowest BCUT2D eigenvalue weighted by atomic mass is 9.79. The van der Waals surface area contributed by atoms with Gasteiger partial charge in [0.15, 0.2) is 0 Å². The smallest absolute Gasteiger partial charge is 0.124 e. The minimum Gasteiger partial charge on any atom is -0.507 e. The van der Waals surface area contributed by atoms with Crippen LogP contribution in [0.5, 0.6) is 11.5 Å². The number of aromatic hydroxyl groups is 2. The molecule has 0 unspecified atom stereocenters. The van der Waals surface area contributed by atoms with Crippen LogP contribution in [0.15, 0.2) is 41.4 Å². The first-order valence-corrected chi connectivity index (χ1v) is 8.20. The van der Waals surface area contributed by atoms with Crippen LogP contribution in [-0.4, -0.2) is 16.4 Å². The fraction of sp³-hybridized carbons (Fsp3) is 0.381. The van der Waals surface area contributed by atoms with E-state index in [0.29, 0.717) is 11.3 Å². The van der Waals surface area contributed by atoms with Gasteiger partial charge >= 0.3 is 0 Å². The number of benzene rings is 2. The summed E-state index contributed by atoms with van der Waals surface area (Å²) in [6.07, 6.45) is 1.65. The maximum absolute atomic E-state index is 10.7. The Morgan fingerprint density at radius 1 is 0.833 bits per heavy atom. The van der Waals surface area contributed by atoms with Crippen molar-refractivity contribution in [2.75, 3.05) is 0 Å². The van der Waals surface area contributed by atoms with Gasteiger partial charge < -0.3 is 10.2 Å². The molecule has 0 saturated carbocycles. The first kappa shape index (κ1) is 18.1. The van der Waals surface area contributed by atoms with Gasteiger partial charge in [0, 0.05) is 22.9 Å². The summed E-state index contributed by atoms with van der Waals surface area (Å²) in [7, 11) is 0. The molecule has 2 N–H and O–H groups in total. The van der Waals surface area contributed by atoms with Crippen LogP contribution >= 0.6 is 0 Å². The van der Waals surface area contributed by atoms with E-state index < -0.39 is 0 Å². The van der Waals surface area contributed by atoms with Crippen LogP contribution in [0.3, 0.4) is 0 Å². The molecule has 0 heterocycles. The number of aliphatic imine (C=N–C) groups is 1. The monoisotopic (exact) mass is 325 g/mol. The molecule has 2 aromatic carbocycles. The van der Waals surface area contributed by atoms with Crippen molar-refractivity contribution in [3.63, 3.8) is 0 Å². The van der Waals surface area contributed by atoms with E-state index in [1.807, 2.05) is 24.3 Å². The molecule has 128 valence electrons. The van der Waals surface area contributed by atoms with Crippen LogP contribution in [-0.2, 0) is 10.8 Å². The Bertz CT molecular complexity index is 727. The van der Waals surface area contributed by atoms with E-state index in [1.165, 1.54) is 0 Å². The van der Waals surface area contributed by atoms with Crippen molar-refractivity contribution in [1.82, 2.24) is 0 Å². The highest BCUT2D eigenvalue weighted by Crippen LogP contribution is 2.41. The summed E-state index contributed by atoms with van der Waals surface area (Å²) in [5.41, 5.74) is 2.81. The molecular formula is C21H27NO2. The molecule has 0 saturated heterocycles. The number of phenolic OH excluding ortho intramolecular Hbond substituents is 2. The Morgan fingerprint density at radius 2 is 1.33 bits per heavy atom. The minimum atomic E-state index is -0.190. The number of phenols is 2. The van der Waals surface area contributed by atoms with Crippen LogP contribution < -0.4 is 0 Å². The molecule has 3 nitrogen and oxygen atoms in total. The molecule has 0 bridgehead atoms. The summed E-state index contributed by atoms with van der Waals surface area (Å²) >= 11 is 0. The highest BCUT2D eigenvalue weighted by Gasteiger charge is 2.26. The van der Waals surface area contributed by atoms with E-state index in [-0.39, 0.29) is 16.6 Å². The van der Waals surface area contributed by atoms with E-state index in [4.69, 9.17) is 0 Å². The number of hydrogen-bond donors (Lipinski definition) is 2. The zero-order chi connectivity index (χ0) is 18.1. The lowest BCUT2D eigenvalue weighted by molar-refractivity contribution is 0.423. The molecule has 3 heteroatoms. The first-order valence-electron chi connectivity index (χ1n) is 8.20. The SMILES string of the molecule is CC(C)(C)c1cc(N=Cc2ccccc2O)cc(C(C)(C)C)c1O. The molecular weight excluding hydrogens is 298 g/mol. The quantitative estimate of drug-likeness (QED) is 0.722. The second-order valence-electron chi connectivity index (χ2n) is 8.21. The zero-order valence-electron chi connectivity index (χ0n) is 15.4. The second kappa shape index (κ2) is 6.31. The van der Waals surface area contributed by atoms with Gasteiger partial charge in [0.1, 0.15) is 11.5 Å². The fourth-order valence-corrected chi connectivity index (χ4v) is 2.58. The van der Waals surface area contributed by atoms with Gasteiger partial charge in [-0.3, -0.25) is 4.99 Å². The Hall–Kier alpha value is -2.29. The van der Waals surface area contributed by atoms with Crippen LogP contribution in [0.25, 0.3) is 0 Å². The van der Waals surface area contributed by atoms with Gasteiger partial charge in [-0.1, -0.05) is 53.7 Å². The lowest BCUT2D eigenvalue weighted by Crippen LogP contribution is -2.16. The van der Waals surface area contributed by atoms with Gasteiger partial charge in [0.2, 0.25) is 0 Å². The number of nitrogens with zero attached hydrogens (tertiary/aromatic N) is 1. The Morgan fingerprint density at radius 3 is 1.79 bits per heavy atom. The van der Waals surface area contributed by atoms with Gasteiger partial charge in [-0.2, -0.15) is 0 Å². The van der Waals surface area contributed by atoms with Crippen LogP contribution in [0.4, 0.5) is 5.69 Å². The molecule has 0 aliphatic carbocycles. The van der Waals surface area contributed by atoms with E-state index in [9.17, 15) is 10.2 Å². The van der Waals surface area contributed by atoms with Crippen LogP contribution in [0.2, 0.25) is 0 Å². The summed E-state index contributed by atoms with van der Waals surface area (Å²) in [5, 5.41) is 20.6. The lowest BCUT2D eigenvalue weighted by Gasteiger charge is -2.27. The molecule has 0 radical (unpaired) electrons. The zero-order valence-corrected chi connectivity index (χ0v) is 15.4. The maximum atomic E-state index is 10.7. The van der Waals surface area contributed by atoms with Gasteiger partial charge in [-0.15, -0.1) is 0 Å². The second-order valence-corrected chi connectivity index (χ2v) is 8.21. The van der Waals surface area contributed by atoms with Gasteiger partial charge in [0.05, 0.1) is 5.69 Å². The van der Waals surface area contributed by atoms with Crippen molar-refractivity contribution in [2.24, 2.45) is 4.99 Å². The fourth-order valence-electron chi connectivity index (χ4n) is 2.58. The van der Waals surface area contributed by atoms with E-state index in [0.717, 1.165) is 16.8 Å². The maximum Gasteiger partial charge on any atom is 0.124 e. The molecule has 0 spiro atoms. The van der Waals surface area contributed by atoms with Crippen molar-refractivity contribution in [1.29, 1.82) is 0 Å². The molecule has 0 aliphatic rings. The molecule has 2 rings (SSSR count).